The van der Waals surface area contributed by atoms with Crippen LogP contribution in [0.15, 0.2) is 30.7 Å². The minimum Gasteiger partial charge on any atom is -0.367 e. The molecule has 0 atom stereocenters. The van der Waals surface area contributed by atoms with Gasteiger partial charge in [0.2, 0.25) is 11.9 Å². The molecule has 2 aromatic rings. The van der Waals surface area contributed by atoms with Gasteiger partial charge in [-0.1, -0.05) is 12.8 Å². The van der Waals surface area contributed by atoms with E-state index in [9.17, 15) is 9.59 Å². The molecule has 0 aromatic carbocycles. The van der Waals surface area contributed by atoms with Crippen LogP contribution in [0.3, 0.4) is 0 Å². The molecule has 2 fully saturated rings. The summed E-state index contributed by atoms with van der Waals surface area (Å²) in [5.41, 5.74) is 1.65. The fourth-order valence-electron chi connectivity index (χ4n) is 4.38. The SMILES string of the molecule is O=C(NCCCN1CCCC1=O)c1cnc(NCCc2ccncc2)nc1NC1CCCC1. The summed E-state index contributed by atoms with van der Waals surface area (Å²) in [5.74, 6) is 1.11. The number of pyridine rings is 1. The molecule has 0 bridgehead atoms. The molecule has 0 unspecified atom stereocenters. The van der Waals surface area contributed by atoms with Crippen LogP contribution >= 0.6 is 0 Å². The van der Waals surface area contributed by atoms with Crippen LogP contribution in [0.25, 0.3) is 0 Å². The predicted molar refractivity (Wildman–Crippen MR) is 127 cm³/mol. The van der Waals surface area contributed by atoms with Crippen LogP contribution in [-0.2, 0) is 11.2 Å². The molecule has 2 amide bonds. The van der Waals surface area contributed by atoms with E-state index in [0.29, 0.717) is 49.4 Å². The second kappa shape index (κ2) is 11.6. The Balaban J connectivity index is 1.34. The molecule has 2 aromatic heterocycles. The van der Waals surface area contributed by atoms with E-state index in [4.69, 9.17) is 0 Å². The number of nitrogens with one attached hydrogen (secondary N) is 3. The minimum absolute atomic E-state index is 0.188. The molecule has 9 nitrogen and oxygen atoms in total. The molecule has 3 heterocycles. The molecule has 1 aliphatic heterocycles. The van der Waals surface area contributed by atoms with Crippen LogP contribution < -0.4 is 16.0 Å². The van der Waals surface area contributed by atoms with Crippen molar-refractivity contribution < 1.29 is 9.59 Å². The van der Waals surface area contributed by atoms with Gasteiger partial charge < -0.3 is 20.9 Å². The van der Waals surface area contributed by atoms with Crippen molar-refractivity contribution in [2.45, 2.75) is 57.4 Å². The Labute approximate surface area is 194 Å². The van der Waals surface area contributed by atoms with Crippen molar-refractivity contribution in [1.29, 1.82) is 0 Å². The molecular weight excluding hydrogens is 418 g/mol. The maximum Gasteiger partial charge on any atom is 0.256 e. The summed E-state index contributed by atoms with van der Waals surface area (Å²) in [7, 11) is 0. The van der Waals surface area contributed by atoms with Crippen LogP contribution in [0.1, 0.15) is 60.9 Å². The zero-order valence-corrected chi connectivity index (χ0v) is 19.1. The lowest BCUT2D eigenvalue weighted by atomic mass is 10.2. The average Bonchev–Trinajstić information content (AvgIpc) is 3.49. The molecule has 9 heteroatoms. The smallest absolute Gasteiger partial charge is 0.256 e. The number of carbonyl (C=O) groups excluding carboxylic acids is 2. The van der Waals surface area contributed by atoms with E-state index in [-0.39, 0.29) is 11.8 Å². The van der Waals surface area contributed by atoms with Crippen LogP contribution in [-0.4, -0.2) is 63.9 Å². The van der Waals surface area contributed by atoms with Crippen molar-refractivity contribution in [1.82, 2.24) is 25.2 Å². The maximum atomic E-state index is 12.9. The average molecular weight is 452 g/mol. The van der Waals surface area contributed by atoms with Gasteiger partial charge in [0.1, 0.15) is 11.4 Å². The van der Waals surface area contributed by atoms with Crippen molar-refractivity contribution in [3.05, 3.63) is 41.9 Å². The molecule has 3 N–H and O–H groups in total. The highest BCUT2D eigenvalue weighted by atomic mass is 16.2. The first kappa shape index (κ1) is 22.9. The zero-order chi connectivity index (χ0) is 22.9. The largest absolute Gasteiger partial charge is 0.367 e. The number of hydrogen-bond donors (Lipinski definition) is 3. The lowest BCUT2D eigenvalue weighted by molar-refractivity contribution is -0.127. The van der Waals surface area contributed by atoms with Crippen LogP contribution in [0.5, 0.6) is 0 Å². The zero-order valence-electron chi connectivity index (χ0n) is 19.1. The predicted octanol–water partition coefficient (Wildman–Crippen LogP) is 2.62. The first-order valence-electron chi connectivity index (χ1n) is 12.0. The monoisotopic (exact) mass is 451 g/mol. The van der Waals surface area contributed by atoms with Crippen molar-refractivity contribution in [2.75, 3.05) is 36.8 Å². The third-order valence-electron chi connectivity index (χ3n) is 6.24. The molecule has 1 aliphatic carbocycles. The Morgan fingerprint density at radius 3 is 2.70 bits per heavy atom. The van der Waals surface area contributed by atoms with Crippen LogP contribution in [0.2, 0.25) is 0 Å². The first-order chi connectivity index (χ1) is 16.2. The van der Waals surface area contributed by atoms with Gasteiger partial charge in [-0.2, -0.15) is 4.98 Å². The number of rotatable bonds is 11. The normalized spacial score (nSPS) is 16.2. The van der Waals surface area contributed by atoms with Gasteiger partial charge in [-0.25, -0.2) is 4.98 Å². The van der Waals surface area contributed by atoms with Gasteiger partial charge in [0.05, 0.1) is 0 Å². The highest BCUT2D eigenvalue weighted by molar-refractivity contribution is 5.98. The van der Waals surface area contributed by atoms with E-state index >= 15 is 0 Å². The maximum absolute atomic E-state index is 12.9. The third-order valence-corrected chi connectivity index (χ3v) is 6.24. The Morgan fingerprint density at radius 1 is 1.12 bits per heavy atom. The van der Waals surface area contributed by atoms with Gasteiger partial charge in [0, 0.05) is 57.2 Å². The molecule has 0 spiro atoms. The van der Waals surface area contributed by atoms with E-state index in [1.165, 1.54) is 18.4 Å². The number of carbonyl (C=O) groups is 2. The van der Waals surface area contributed by atoms with Crippen molar-refractivity contribution >= 4 is 23.6 Å². The van der Waals surface area contributed by atoms with Crippen molar-refractivity contribution in [3.8, 4) is 0 Å². The summed E-state index contributed by atoms with van der Waals surface area (Å²) in [6.45, 7) is 2.71. The molecule has 33 heavy (non-hydrogen) atoms. The van der Waals surface area contributed by atoms with Gasteiger partial charge in [-0.15, -0.1) is 0 Å². The quantitative estimate of drug-likeness (QED) is 0.450. The highest BCUT2D eigenvalue weighted by Crippen LogP contribution is 2.24. The minimum atomic E-state index is -0.188. The first-order valence-corrected chi connectivity index (χ1v) is 12.0. The molecule has 2 aliphatic rings. The summed E-state index contributed by atoms with van der Waals surface area (Å²) in [4.78, 5) is 39.5. The molecule has 1 saturated carbocycles. The van der Waals surface area contributed by atoms with E-state index in [1.807, 2.05) is 17.0 Å². The fraction of sp³-hybridized carbons (Fsp3) is 0.542. The van der Waals surface area contributed by atoms with E-state index in [0.717, 1.165) is 38.6 Å². The number of likely N-dealkylation sites (tertiary alicyclic amines) is 1. The molecule has 0 radical (unpaired) electrons. The highest BCUT2D eigenvalue weighted by Gasteiger charge is 2.21. The second-order valence-corrected chi connectivity index (χ2v) is 8.71. The second-order valence-electron chi connectivity index (χ2n) is 8.71. The van der Waals surface area contributed by atoms with Crippen molar-refractivity contribution in [3.63, 3.8) is 0 Å². The van der Waals surface area contributed by atoms with Gasteiger partial charge in [-0.05, 0) is 49.8 Å². The van der Waals surface area contributed by atoms with Gasteiger partial charge in [-0.3, -0.25) is 14.6 Å². The summed E-state index contributed by atoms with van der Waals surface area (Å²) in [5, 5.41) is 9.69. The Bertz CT molecular complexity index is 932. The lowest BCUT2D eigenvalue weighted by Gasteiger charge is -2.18. The van der Waals surface area contributed by atoms with Gasteiger partial charge >= 0.3 is 0 Å². The van der Waals surface area contributed by atoms with Crippen LogP contribution in [0, 0.1) is 0 Å². The Hall–Kier alpha value is -3.23. The number of amides is 2. The summed E-state index contributed by atoms with van der Waals surface area (Å²) in [6, 6.07) is 4.31. The number of hydrogen-bond acceptors (Lipinski definition) is 7. The summed E-state index contributed by atoms with van der Waals surface area (Å²) >= 11 is 0. The number of anilines is 2. The van der Waals surface area contributed by atoms with Crippen LogP contribution in [0.4, 0.5) is 11.8 Å². The van der Waals surface area contributed by atoms with Crippen molar-refractivity contribution in [2.24, 2.45) is 0 Å². The molecule has 176 valence electrons. The number of aromatic nitrogens is 3. The van der Waals surface area contributed by atoms with E-state index in [1.54, 1.807) is 18.6 Å². The topological polar surface area (TPSA) is 112 Å². The van der Waals surface area contributed by atoms with Gasteiger partial charge in [0.25, 0.3) is 5.91 Å². The fourth-order valence-corrected chi connectivity index (χ4v) is 4.38. The Morgan fingerprint density at radius 2 is 1.94 bits per heavy atom. The van der Waals surface area contributed by atoms with Gasteiger partial charge in [0.15, 0.2) is 0 Å². The van der Waals surface area contributed by atoms with E-state index < -0.39 is 0 Å². The molecule has 4 rings (SSSR count). The third kappa shape index (κ3) is 6.63. The standard InChI is InChI=1S/C24H33N7O2/c32-21-7-3-15-31(21)16-4-11-26-23(33)20-17-28-24(27-14-10-18-8-12-25-13-9-18)30-22(20)29-19-5-1-2-6-19/h8-9,12-13,17,19H,1-7,10-11,14-16H2,(H,26,33)(H2,27,28,29,30). The van der Waals surface area contributed by atoms with E-state index in [2.05, 4.69) is 30.9 Å². The summed E-state index contributed by atoms with van der Waals surface area (Å²) in [6.07, 6.45) is 12.9. The molecule has 1 saturated heterocycles. The molecular formula is C24H33N7O2. The lowest BCUT2D eigenvalue weighted by Crippen LogP contribution is -2.31. The summed E-state index contributed by atoms with van der Waals surface area (Å²) < 4.78 is 0. The Kier molecular flexibility index (Phi) is 8.05. The number of nitrogens with zero attached hydrogens (tertiary/aromatic N) is 4.